The molecule has 0 bridgehead atoms. The molecule has 0 aromatic carbocycles. The summed E-state index contributed by atoms with van der Waals surface area (Å²) in [6, 6.07) is 0. The molecule has 14 heavy (non-hydrogen) atoms. The summed E-state index contributed by atoms with van der Waals surface area (Å²) in [7, 11) is 0. The number of rotatable bonds is 7. The molecule has 0 aromatic heterocycles. The summed E-state index contributed by atoms with van der Waals surface area (Å²) < 4.78 is 5.40. The van der Waals surface area contributed by atoms with Crippen molar-refractivity contribution in [2.75, 3.05) is 26.3 Å². The van der Waals surface area contributed by atoms with Crippen molar-refractivity contribution in [1.82, 2.24) is 5.32 Å². The fourth-order valence-electron chi connectivity index (χ4n) is 1.74. The summed E-state index contributed by atoms with van der Waals surface area (Å²) in [4.78, 5) is 0. The Labute approximate surface area is 87.7 Å². The molecule has 1 unspecified atom stereocenters. The molecule has 2 nitrogen and oxygen atoms in total. The van der Waals surface area contributed by atoms with E-state index in [4.69, 9.17) is 4.74 Å². The molecular weight excluding hydrogens is 174 g/mol. The number of hydrogen-bond donors (Lipinski definition) is 1. The summed E-state index contributed by atoms with van der Waals surface area (Å²) >= 11 is 0. The van der Waals surface area contributed by atoms with Crippen molar-refractivity contribution in [3.05, 3.63) is 12.2 Å². The highest BCUT2D eigenvalue weighted by Crippen LogP contribution is 2.16. The van der Waals surface area contributed by atoms with E-state index in [1.807, 2.05) is 0 Å². The van der Waals surface area contributed by atoms with Crippen LogP contribution in [-0.4, -0.2) is 26.3 Å². The minimum Gasteiger partial charge on any atom is -0.380 e. The van der Waals surface area contributed by atoms with Crippen LogP contribution in [0.2, 0.25) is 0 Å². The summed E-state index contributed by atoms with van der Waals surface area (Å²) in [5.74, 6) is 0.853. The van der Waals surface area contributed by atoms with Gasteiger partial charge in [-0.05, 0) is 38.1 Å². The number of ether oxygens (including phenoxy) is 1. The van der Waals surface area contributed by atoms with E-state index in [1.54, 1.807) is 0 Å². The first kappa shape index (κ1) is 11.7. The zero-order chi connectivity index (χ0) is 10.1. The zero-order valence-corrected chi connectivity index (χ0v) is 9.30. The van der Waals surface area contributed by atoms with Gasteiger partial charge < -0.3 is 10.1 Å². The van der Waals surface area contributed by atoms with E-state index in [0.717, 1.165) is 38.6 Å². The van der Waals surface area contributed by atoms with Gasteiger partial charge in [-0.2, -0.15) is 0 Å². The molecule has 0 radical (unpaired) electrons. The van der Waals surface area contributed by atoms with Gasteiger partial charge in [0.15, 0.2) is 0 Å². The van der Waals surface area contributed by atoms with Crippen LogP contribution < -0.4 is 5.32 Å². The molecule has 0 saturated carbocycles. The Kier molecular flexibility index (Phi) is 6.71. The summed E-state index contributed by atoms with van der Waals surface area (Å²) in [6.45, 7) is 6.05. The summed E-state index contributed by atoms with van der Waals surface area (Å²) in [5.41, 5.74) is 0. The van der Waals surface area contributed by atoms with E-state index >= 15 is 0 Å². The highest BCUT2D eigenvalue weighted by molar-refractivity contribution is 4.90. The molecule has 1 rings (SSSR count). The maximum Gasteiger partial charge on any atom is 0.0590 e. The molecule has 0 amide bonds. The van der Waals surface area contributed by atoms with Crippen LogP contribution in [0.5, 0.6) is 0 Å². The Balaban J connectivity index is 1.86. The Morgan fingerprint density at radius 1 is 1.36 bits per heavy atom. The molecule has 82 valence electrons. The van der Waals surface area contributed by atoms with Gasteiger partial charge in [0.2, 0.25) is 0 Å². The van der Waals surface area contributed by atoms with E-state index in [-0.39, 0.29) is 0 Å². The molecule has 0 heterocycles. The smallest absolute Gasteiger partial charge is 0.0590 e. The normalized spacial score (nSPS) is 21.4. The van der Waals surface area contributed by atoms with Crippen LogP contribution >= 0.6 is 0 Å². The second-order valence-corrected chi connectivity index (χ2v) is 3.97. The molecule has 1 N–H and O–H groups in total. The van der Waals surface area contributed by atoms with Gasteiger partial charge >= 0.3 is 0 Å². The quantitative estimate of drug-likeness (QED) is 0.500. The third kappa shape index (κ3) is 5.40. The molecule has 1 aliphatic carbocycles. The first-order valence-electron chi connectivity index (χ1n) is 5.87. The van der Waals surface area contributed by atoms with E-state index in [1.165, 1.54) is 19.3 Å². The van der Waals surface area contributed by atoms with Crippen LogP contribution in [0.1, 0.15) is 32.6 Å². The average Bonchev–Trinajstić information content (AvgIpc) is 2.25. The van der Waals surface area contributed by atoms with Gasteiger partial charge in [-0.1, -0.05) is 19.1 Å². The lowest BCUT2D eigenvalue weighted by molar-refractivity contribution is 0.135. The van der Waals surface area contributed by atoms with Crippen molar-refractivity contribution in [2.45, 2.75) is 32.6 Å². The number of allylic oxidation sites excluding steroid dienone is 2. The van der Waals surface area contributed by atoms with Crippen molar-refractivity contribution in [3.8, 4) is 0 Å². The molecule has 0 fully saturated rings. The molecular formula is C12H23NO. The van der Waals surface area contributed by atoms with E-state index in [2.05, 4.69) is 24.4 Å². The molecule has 1 aliphatic rings. The van der Waals surface area contributed by atoms with E-state index in [9.17, 15) is 0 Å². The van der Waals surface area contributed by atoms with Crippen LogP contribution in [-0.2, 0) is 4.74 Å². The maximum atomic E-state index is 5.40. The molecule has 0 saturated heterocycles. The fraction of sp³-hybridized carbons (Fsp3) is 0.833. The van der Waals surface area contributed by atoms with Crippen molar-refractivity contribution in [3.63, 3.8) is 0 Å². The molecule has 0 spiro atoms. The van der Waals surface area contributed by atoms with Gasteiger partial charge in [-0.15, -0.1) is 0 Å². The predicted octanol–water partition coefficient (Wildman–Crippen LogP) is 2.36. The number of nitrogens with one attached hydrogen (secondary N) is 1. The van der Waals surface area contributed by atoms with Crippen LogP contribution in [0.4, 0.5) is 0 Å². The van der Waals surface area contributed by atoms with Gasteiger partial charge in [0.25, 0.3) is 0 Å². The standard InChI is InChI=1S/C12H23NO/c1-2-9-14-10-8-13-11-12-6-4-3-5-7-12/h3-4,12-13H,2,5-11H2,1H3. The first-order chi connectivity index (χ1) is 6.93. The minimum atomic E-state index is 0.853. The van der Waals surface area contributed by atoms with Gasteiger partial charge in [-0.25, -0.2) is 0 Å². The van der Waals surface area contributed by atoms with Crippen molar-refractivity contribution in [2.24, 2.45) is 5.92 Å². The largest absolute Gasteiger partial charge is 0.380 e. The lowest BCUT2D eigenvalue weighted by atomic mass is 9.94. The SMILES string of the molecule is CCCOCCNCC1CC=CCC1. The Morgan fingerprint density at radius 3 is 3.00 bits per heavy atom. The summed E-state index contributed by atoms with van der Waals surface area (Å²) in [6.07, 6.45) is 9.58. The third-order valence-electron chi connectivity index (χ3n) is 2.58. The van der Waals surface area contributed by atoms with Crippen LogP contribution in [0, 0.1) is 5.92 Å². The zero-order valence-electron chi connectivity index (χ0n) is 9.30. The van der Waals surface area contributed by atoms with Crippen LogP contribution in [0.15, 0.2) is 12.2 Å². The fourth-order valence-corrected chi connectivity index (χ4v) is 1.74. The van der Waals surface area contributed by atoms with E-state index in [0.29, 0.717) is 0 Å². The van der Waals surface area contributed by atoms with Crippen molar-refractivity contribution in [1.29, 1.82) is 0 Å². The number of hydrogen-bond acceptors (Lipinski definition) is 2. The molecule has 2 heteroatoms. The Bertz CT molecular complexity index is 156. The second kappa shape index (κ2) is 8.01. The highest BCUT2D eigenvalue weighted by atomic mass is 16.5. The predicted molar refractivity (Wildman–Crippen MR) is 60.5 cm³/mol. The van der Waals surface area contributed by atoms with E-state index < -0.39 is 0 Å². The van der Waals surface area contributed by atoms with Gasteiger partial charge in [0, 0.05) is 13.2 Å². The van der Waals surface area contributed by atoms with Gasteiger partial charge in [0.05, 0.1) is 6.61 Å². The van der Waals surface area contributed by atoms with Gasteiger partial charge in [-0.3, -0.25) is 0 Å². The Hall–Kier alpha value is -0.340. The van der Waals surface area contributed by atoms with Crippen LogP contribution in [0.25, 0.3) is 0 Å². The molecule has 0 aromatic rings. The lowest BCUT2D eigenvalue weighted by Crippen LogP contribution is -2.26. The average molecular weight is 197 g/mol. The van der Waals surface area contributed by atoms with Crippen molar-refractivity contribution >= 4 is 0 Å². The highest BCUT2D eigenvalue weighted by Gasteiger charge is 2.08. The molecule has 0 aliphatic heterocycles. The third-order valence-corrected chi connectivity index (χ3v) is 2.58. The second-order valence-electron chi connectivity index (χ2n) is 3.97. The van der Waals surface area contributed by atoms with Gasteiger partial charge in [0.1, 0.15) is 0 Å². The topological polar surface area (TPSA) is 21.3 Å². The van der Waals surface area contributed by atoms with Crippen molar-refractivity contribution < 1.29 is 4.74 Å². The minimum absolute atomic E-state index is 0.853. The maximum absolute atomic E-state index is 5.40. The van der Waals surface area contributed by atoms with Crippen LogP contribution in [0.3, 0.4) is 0 Å². The first-order valence-corrected chi connectivity index (χ1v) is 5.87. The monoisotopic (exact) mass is 197 g/mol. The molecule has 1 atom stereocenters. The summed E-state index contributed by atoms with van der Waals surface area (Å²) in [5, 5.41) is 3.46. The Morgan fingerprint density at radius 2 is 2.29 bits per heavy atom. The lowest BCUT2D eigenvalue weighted by Gasteiger charge is -2.18.